The number of nitrogen functional groups attached to an aromatic ring is 1. The summed E-state index contributed by atoms with van der Waals surface area (Å²) in [5.41, 5.74) is 7.52. The van der Waals surface area contributed by atoms with E-state index in [0.29, 0.717) is 19.4 Å². The van der Waals surface area contributed by atoms with Gasteiger partial charge in [-0.3, -0.25) is 4.79 Å². The highest BCUT2D eigenvalue weighted by Crippen LogP contribution is 2.34. The van der Waals surface area contributed by atoms with Crippen molar-refractivity contribution in [2.45, 2.75) is 37.7 Å². The van der Waals surface area contributed by atoms with Gasteiger partial charge in [0, 0.05) is 25.8 Å². The summed E-state index contributed by atoms with van der Waals surface area (Å²) in [5, 5.41) is 2.96. The summed E-state index contributed by atoms with van der Waals surface area (Å²) < 4.78 is 5.47. The fraction of sp³-hybridized carbons (Fsp3) is 0.533. The molecule has 0 aliphatic heterocycles. The van der Waals surface area contributed by atoms with Crippen molar-refractivity contribution >= 4 is 11.6 Å². The van der Waals surface area contributed by atoms with Gasteiger partial charge in [-0.2, -0.15) is 0 Å². The predicted octanol–water partition coefficient (Wildman–Crippen LogP) is 1.89. The van der Waals surface area contributed by atoms with Gasteiger partial charge in [-0.15, -0.1) is 0 Å². The number of benzene rings is 1. The topological polar surface area (TPSA) is 64.3 Å². The number of carbonyl (C=O) groups excluding carboxylic acids is 1. The number of amides is 1. The first-order valence-corrected chi connectivity index (χ1v) is 6.80. The molecule has 0 atom stereocenters. The Kier molecular flexibility index (Phi) is 4.43. The SMILES string of the molecule is COC1(CNC(=O)CCc2ccccc2N)CCC1. The summed E-state index contributed by atoms with van der Waals surface area (Å²) >= 11 is 0. The van der Waals surface area contributed by atoms with Crippen molar-refractivity contribution in [1.82, 2.24) is 5.32 Å². The molecule has 4 nitrogen and oxygen atoms in total. The Hall–Kier alpha value is -1.55. The van der Waals surface area contributed by atoms with Crippen LogP contribution in [0.5, 0.6) is 0 Å². The van der Waals surface area contributed by atoms with Crippen LogP contribution in [0.15, 0.2) is 24.3 Å². The molecule has 0 saturated heterocycles. The molecule has 3 N–H and O–H groups in total. The molecule has 0 aromatic heterocycles. The van der Waals surface area contributed by atoms with Crippen LogP contribution in [-0.4, -0.2) is 25.2 Å². The smallest absolute Gasteiger partial charge is 0.220 e. The molecule has 1 amide bonds. The second kappa shape index (κ2) is 6.06. The maximum atomic E-state index is 11.8. The van der Waals surface area contributed by atoms with Gasteiger partial charge in [0.25, 0.3) is 0 Å². The minimum atomic E-state index is -0.110. The van der Waals surface area contributed by atoms with E-state index < -0.39 is 0 Å². The summed E-state index contributed by atoms with van der Waals surface area (Å²) in [5.74, 6) is 0.0616. The number of anilines is 1. The Bertz CT molecular complexity index is 436. The van der Waals surface area contributed by atoms with Crippen LogP contribution >= 0.6 is 0 Å². The van der Waals surface area contributed by atoms with E-state index in [4.69, 9.17) is 10.5 Å². The molecule has 1 aromatic rings. The number of carbonyl (C=O) groups is 1. The molecule has 2 rings (SSSR count). The number of para-hydroxylation sites is 1. The van der Waals surface area contributed by atoms with E-state index in [-0.39, 0.29) is 11.5 Å². The van der Waals surface area contributed by atoms with Gasteiger partial charge in [0.1, 0.15) is 0 Å². The van der Waals surface area contributed by atoms with Crippen LogP contribution in [0, 0.1) is 0 Å². The van der Waals surface area contributed by atoms with Crippen molar-refractivity contribution in [2.24, 2.45) is 0 Å². The quantitative estimate of drug-likeness (QED) is 0.769. The van der Waals surface area contributed by atoms with E-state index in [9.17, 15) is 4.79 Å². The van der Waals surface area contributed by atoms with E-state index in [0.717, 1.165) is 24.1 Å². The van der Waals surface area contributed by atoms with Crippen LogP contribution in [0.3, 0.4) is 0 Å². The first-order chi connectivity index (χ1) is 9.15. The van der Waals surface area contributed by atoms with Crippen molar-refractivity contribution in [3.63, 3.8) is 0 Å². The molecule has 19 heavy (non-hydrogen) atoms. The van der Waals surface area contributed by atoms with Crippen molar-refractivity contribution in [3.05, 3.63) is 29.8 Å². The molecule has 4 heteroatoms. The highest BCUT2D eigenvalue weighted by Gasteiger charge is 2.37. The van der Waals surface area contributed by atoms with Crippen LogP contribution in [0.25, 0.3) is 0 Å². The Morgan fingerprint density at radius 2 is 2.16 bits per heavy atom. The van der Waals surface area contributed by atoms with Gasteiger partial charge in [0.05, 0.1) is 5.60 Å². The van der Waals surface area contributed by atoms with Gasteiger partial charge >= 0.3 is 0 Å². The van der Waals surface area contributed by atoms with Crippen LogP contribution in [0.4, 0.5) is 5.69 Å². The molecule has 1 aromatic carbocycles. The first-order valence-electron chi connectivity index (χ1n) is 6.80. The van der Waals surface area contributed by atoms with E-state index >= 15 is 0 Å². The number of hydrogen-bond donors (Lipinski definition) is 2. The van der Waals surface area contributed by atoms with Gasteiger partial charge in [-0.1, -0.05) is 18.2 Å². The van der Waals surface area contributed by atoms with Crippen molar-refractivity contribution in [2.75, 3.05) is 19.4 Å². The summed E-state index contributed by atoms with van der Waals surface area (Å²) in [7, 11) is 1.72. The number of ether oxygens (including phenoxy) is 1. The molecular formula is C15H22N2O2. The lowest BCUT2D eigenvalue weighted by Gasteiger charge is -2.40. The van der Waals surface area contributed by atoms with Gasteiger partial charge in [-0.05, 0) is 37.3 Å². The maximum absolute atomic E-state index is 11.8. The first kappa shape index (κ1) is 13.9. The Morgan fingerprint density at radius 1 is 1.42 bits per heavy atom. The lowest BCUT2D eigenvalue weighted by Crippen LogP contribution is -2.49. The highest BCUT2D eigenvalue weighted by molar-refractivity contribution is 5.76. The molecular weight excluding hydrogens is 240 g/mol. The number of methoxy groups -OCH3 is 1. The van der Waals surface area contributed by atoms with Gasteiger partial charge in [0.15, 0.2) is 0 Å². The lowest BCUT2D eigenvalue weighted by atomic mass is 9.80. The van der Waals surface area contributed by atoms with E-state index in [2.05, 4.69) is 5.32 Å². The third-order valence-electron chi connectivity index (χ3n) is 3.98. The molecule has 1 aliphatic rings. The minimum Gasteiger partial charge on any atom is -0.399 e. The monoisotopic (exact) mass is 262 g/mol. The van der Waals surface area contributed by atoms with E-state index in [1.54, 1.807) is 7.11 Å². The Morgan fingerprint density at radius 3 is 2.74 bits per heavy atom. The zero-order valence-electron chi connectivity index (χ0n) is 11.4. The normalized spacial score (nSPS) is 16.7. The zero-order chi connectivity index (χ0) is 13.7. The van der Waals surface area contributed by atoms with Crippen molar-refractivity contribution in [1.29, 1.82) is 0 Å². The van der Waals surface area contributed by atoms with Crippen LogP contribution < -0.4 is 11.1 Å². The van der Waals surface area contributed by atoms with Crippen LogP contribution in [0.2, 0.25) is 0 Å². The third-order valence-corrected chi connectivity index (χ3v) is 3.98. The third kappa shape index (κ3) is 3.47. The van der Waals surface area contributed by atoms with Crippen LogP contribution in [-0.2, 0) is 16.0 Å². The summed E-state index contributed by atoms with van der Waals surface area (Å²) in [6.07, 6.45) is 4.40. The molecule has 104 valence electrons. The Balaban J connectivity index is 1.74. The summed E-state index contributed by atoms with van der Waals surface area (Å²) in [6.45, 7) is 0.618. The minimum absolute atomic E-state index is 0.0616. The molecule has 0 spiro atoms. The predicted molar refractivity (Wildman–Crippen MR) is 75.8 cm³/mol. The largest absolute Gasteiger partial charge is 0.399 e. The fourth-order valence-electron chi connectivity index (χ4n) is 2.38. The van der Waals surface area contributed by atoms with E-state index in [1.165, 1.54) is 6.42 Å². The molecule has 0 bridgehead atoms. The lowest BCUT2D eigenvalue weighted by molar-refractivity contribution is -0.124. The maximum Gasteiger partial charge on any atom is 0.220 e. The number of nitrogens with one attached hydrogen (secondary N) is 1. The second-order valence-corrected chi connectivity index (χ2v) is 5.22. The number of rotatable bonds is 6. The number of aryl methyl sites for hydroxylation is 1. The average molecular weight is 262 g/mol. The number of nitrogens with two attached hydrogens (primary N) is 1. The fourth-order valence-corrected chi connectivity index (χ4v) is 2.38. The Labute approximate surface area is 114 Å². The van der Waals surface area contributed by atoms with Crippen molar-refractivity contribution in [3.8, 4) is 0 Å². The van der Waals surface area contributed by atoms with E-state index in [1.807, 2.05) is 24.3 Å². The van der Waals surface area contributed by atoms with Gasteiger partial charge < -0.3 is 15.8 Å². The number of hydrogen-bond acceptors (Lipinski definition) is 3. The molecule has 0 unspecified atom stereocenters. The van der Waals surface area contributed by atoms with Crippen LogP contribution in [0.1, 0.15) is 31.2 Å². The zero-order valence-corrected chi connectivity index (χ0v) is 11.4. The molecule has 0 radical (unpaired) electrons. The van der Waals surface area contributed by atoms with Gasteiger partial charge in [0.2, 0.25) is 5.91 Å². The molecule has 0 heterocycles. The summed E-state index contributed by atoms with van der Waals surface area (Å²) in [4.78, 5) is 11.8. The van der Waals surface area contributed by atoms with Crippen molar-refractivity contribution < 1.29 is 9.53 Å². The highest BCUT2D eigenvalue weighted by atomic mass is 16.5. The molecule has 1 saturated carbocycles. The molecule has 1 fully saturated rings. The van der Waals surface area contributed by atoms with Gasteiger partial charge in [-0.25, -0.2) is 0 Å². The average Bonchev–Trinajstić information content (AvgIpc) is 2.37. The molecule has 1 aliphatic carbocycles. The summed E-state index contributed by atoms with van der Waals surface area (Å²) in [6, 6.07) is 7.67. The standard InChI is InChI=1S/C15H22N2O2/c1-19-15(9-4-10-15)11-17-14(18)8-7-12-5-2-3-6-13(12)16/h2-3,5-6H,4,7-11,16H2,1H3,(H,17,18). The second-order valence-electron chi connectivity index (χ2n) is 5.22.